The van der Waals surface area contributed by atoms with Gasteiger partial charge in [-0.2, -0.15) is 0 Å². The van der Waals surface area contributed by atoms with Crippen molar-refractivity contribution in [2.75, 3.05) is 37.0 Å². The number of hydrogen-bond acceptors (Lipinski definition) is 6. The van der Waals surface area contributed by atoms with Crippen LogP contribution >= 0.6 is 0 Å². The average Bonchev–Trinajstić information content (AvgIpc) is 3.55. The summed E-state index contributed by atoms with van der Waals surface area (Å²) in [5.74, 6) is -0.343. The van der Waals surface area contributed by atoms with Gasteiger partial charge >= 0.3 is 12.1 Å². The lowest BCUT2D eigenvalue weighted by atomic mass is 9.95. The van der Waals surface area contributed by atoms with Crippen LogP contribution in [0.3, 0.4) is 0 Å². The number of benzene rings is 3. The molecule has 0 saturated carbocycles. The van der Waals surface area contributed by atoms with Gasteiger partial charge in [0.05, 0.1) is 47.7 Å². The van der Waals surface area contributed by atoms with Crippen LogP contribution in [0.4, 0.5) is 21.0 Å². The van der Waals surface area contributed by atoms with E-state index in [1.54, 1.807) is 72.4 Å². The number of phenols is 2. The van der Waals surface area contributed by atoms with E-state index in [0.717, 1.165) is 0 Å². The summed E-state index contributed by atoms with van der Waals surface area (Å²) in [4.78, 5) is 59.1. The lowest BCUT2D eigenvalue weighted by molar-refractivity contribution is -0.115. The minimum absolute atomic E-state index is 0.0830. The van der Waals surface area contributed by atoms with Crippen molar-refractivity contribution >= 4 is 35.3 Å². The molecule has 4 aliphatic heterocycles. The zero-order valence-corrected chi connectivity index (χ0v) is 23.8. The number of carbonyl (C=O) groups excluding carboxylic acids is 4. The van der Waals surface area contributed by atoms with E-state index in [4.69, 9.17) is 0 Å². The van der Waals surface area contributed by atoms with Gasteiger partial charge in [0.15, 0.2) is 0 Å². The number of urea groups is 2. The Bertz CT molecular complexity index is 1670. The van der Waals surface area contributed by atoms with Gasteiger partial charge in [-0.25, -0.2) is 9.59 Å². The van der Waals surface area contributed by atoms with Crippen LogP contribution in [0.2, 0.25) is 0 Å². The maximum atomic E-state index is 13.8. The fraction of sp³-hybridized carbons (Fsp3) is 0.188. The van der Waals surface area contributed by atoms with Crippen LogP contribution in [-0.4, -0.2) is 71.1 Å². The highest BCUT2D eigenvalue weighted by Gasteiger charge is 2.45. The van der Waals surface area contributed by atoms with Crippen LogP contribution in [0.25, 0.3) is 0 Å². The number of nitrogens with zero attached hydrogens (tertiary/aromatic N) is 4. The van der Waals surface area contributed by atoms with Crippen LogP contribution in [0.5, 0.6) is 11.5 Å². The van der Waals surface area contributed by atoms with Gasteiger partial charge < -0.3 is 30.6 Å². The maximum Gasteiger partial charge on any atom is 0.322 e. The molecule has 3 aromatic carbocycles. The van der Waals surface area contributed by atoms with E-state index in [1.807, 2.05) is 0 Å². The summed E-state index contributed by atoms with van der Waals surface area (Å²) >= 11 is 0. The normalized spacial score (nSPS) is 21.6. The van der Waals surface area contributed by atoms with Gasteiger partial charge in [0.25, 0.3) is 11.8 Å². The first kappa shape index (κ1) is 27.1. The molecule has 12 heteroatoms. The third-order valence-electron chi connectivity index (χ3n) is 8.65. The Labute approximate surface area is 252 Å². The van der Waals surface area contributed by atoms with E-state index >= 15 is 0 Å². The molecule has 2 atom stereocenters. The monoisotopic (exact) mass is 592 g/mol. The molecule has 12 nitrogen and oxygen atoms in total. The van der Waals surface area contributed by atoms with Crippen molar-refractivity contribution in [3.8, 4) is 11.5 Å². The molecular weight excluding hydrogens is 564 g/mol. The number of anilines is 2. The molecule has 4 aliphatic rings. The Hall–Kier alpha value is -5.78. The quantitative estimate of drug-likeness (QED) is 0.366. The average molecular weight is 593 g/mol. The van der Waals surface area contributed by atoms with Crippen molar-refractivity contribution in [1.82, 2.24) is 20.4 Å². The van der Waals surface area contributed by atoms with Crippen molar-refractivity contribution in [2.24, 2.45) is 0 Å². The highest BCUT2D eigenvalue weighted by Crippen LogP contribution is 2.40. The highest BCUT2D eigenvalue weighted by molar-refractivity contribution is 6.13. The lowest BCUT2D eigenvalue weighted by Gasteiger charge is -2.31. The van der Waals surface area contributed by atoms with Gasteiger partial charge in [-0.1, -0.05) is 24.3 Å². The number of hydrogen-bond donors (Lipinski definition) is 4. The molecule has 222 valence electrons. The third kappa shape index (κ3) is 4.14. The number of carbonyl (C=O) groups is 4. The first-order valence-electron chi connectivity index (χ1n) is 14.0. The molecule has 0 radical (unpaired) electrons. The third-order valence-corrected chi connectivity index (χ3v) is 8.65. The summed E-state index contributed by atoms with van der Waals surface area (Å²) in [5, 5.41) is 25.2. The van der Waals surface area contributed by atoms with Gasteiger partial charge in [-0.05, 0) is 59.7 Å². The molecule has 6 amide bonds. The number of aromatic hydroxyl groups is 2. The molecule has 0 saturated heterocycles. The van der Waals surface area contributed by atoms with Gasteiger partial charge in [0.2, 0.25) is 0 Å². The Morgan fingerprint density at radius 2 is 0.909 bits per heavy atom. The van der Waals surface area contributed by atoms with Crippen molar-refractivity contribution in [3.05, 3.63) is 106 Å². The van der Waals surface area contributed by atoms with Crippen LogP contribution in [0, 0.1) is 0 Å². The molecule has 3 aromatic rings. The van der Waals surface area contributed by atoms with Crippen LogP contribution in [0.15, 0.2) is 95.3 Å². The number of amides is 6. The van der Waals surface area contributed by atoms with Crippen LogP contribution in [-0.2, 0) is 9.59 Å². The summed E-state index contributed by atoms with van der Waals surface area (Å²) in [6, 6.07) is 17.8. The van der Waals surface area contributed by atoms with Crippen molar-refractivity contribution in [2.45, 2.75) is 12.1 Å². The van der Waals surface area contributed by atoms with E-state index < -0.39 is 12.1 Å². The Balaban J connectivity index is 1.15. The molecule has 7 rings (SSSR count). The molecule has 4 N–H and O–H groups in total. The first-order valence-corrected chi connectivity index (χ1v) is 14.0. The van der Waals surface area contributed by atoms with Gasteiger partial charge in [0.1, 0.15) is 11.5 Å². The van der Waals surface area contributed by atoms with E-state index in [-0.39, 0.29) is 48.5 Å². The predicted molar refractivity (Wildman–Crippen MR) is 159 cm³/mol. The number of likely N-dealkylation sites (N-methyl/N-ethyl adjacent to an activating group) is 2. The molecule has 0 unspecified atom stereocenters. The largest absolute Gasteiger partial charge is 0.508 e. The fourth-order valence-electron chi connectivity index (χ4n) is 6.20. The molecule has 0 aromatic heterocycles. The molecule has 0 fully saturated rings. The second-order valence-electron chi connectivity index (χ2n) is 11.1. The summed E-state index contributed by atoms with van der Waals surface area (Å²) in [5.41, 5.74) is 4.63. The van der Waals surface area contributed by atoms with E-state index in [0.29, 0.717) is 45.0 Å². The summed E-state index contributed by atoms with van der Waals surface area (Å²) < 4.78 is 0. The zero-order chi connectivity index (χ0) is 30.9. The SMILES string of the molecule is CN1C(=O)N[C@H](c2ccc(O)cc2)C2=C1CN(c1ccc(N3CC4=C(C3=O)[C@@H](c3ccc(O)cc3)NC(=O)N4C)cc1)C2=O. The van der Waals surface area contributed by atoms with Crippen LogP contribution in [0.1, 0.15) is 23.2 Å². The molecular formula is C32H28N6O6. The minimum Gasteiger partial charge on any atom is -0.508 e. The Morgan fingerprint density at radius 3 is 1.25 bits per heavy atom. The van der Waals surface area contributed by atoms with E-state index in [1.165, 1.54) is 34.1 Å². The summed E-state index contributed by atoms with van der Waals surface area (Å²) in [6.45, 7) is 0.384. The smallest absolute Gasteiger partial charge is 0.322 e. The van der Waals surface area contributed by atoms with Crippen molar-refractivity contribution in [3.63, 3.8) is 0 Å². The topological polar surface area (TPSA) is 146 Å². The van der Waals surface area contributed by atoms with Gasteiger partial charge in [-0.3, -0.25) is 19.4 Å². The Morgan fingerprint density at radius 1 is 0.568 bits per heavy atom. The van der Waals surface area contributed by atoms with Crippen molar-refractivity contribution in [1.29, 1.82) is 0 Å². The minimum atomic E-state index is -0.666. The van der Waals surface area contributed by atoms with Crippen LogP contribution < -0.4 is 20.4 Å². The predicted octanol–water partition coefficient (Wildman–Crippen LogP) is 3.09. The second-order valence-corrected chi connectivity index (χ2v) is 11.1. The second kappa shape index (κ2) is 9.90. The standard InChI is InChI=1S/C32H28N6O6/c1-35-23-15-37(29(41)25(23)27(33-31(35)43)17-3-11-21(39)12-4-17)19-7-9-20(10-8-19)38-16-24-26(30(38)42)28(34-32(44)36(24)2)18-5-13-22(40)14-6-18/h3-14,27-28,39-40H,15-16H2,1-2H3,(H,33,43)(H,34,44)/t27-,28-/m1/s1. The number of phenolic OH excluding ortho intramolecular Hbond substituents is 2. The molecule has 0 aliphatic carbocycles. The molecule has 0 spiro atoms. The summed E-state index contributed by atoms with van der Waals surface area (Å²) in [6.07, 6.45) is 0. The van der Waals surface area contributed by atoms with Gasteiger partial charge in [0, 0.05) is 25.5 Å². The molecule has 0 bridgehead atoms. The van der Waals surface area contributed by atoms with E-state index in [9.17, 15) is 29.4 Å². The number of rotatable bonds is 4. The first-order chi connectivity index (χ1) is 21.1. The Kier molecular flexibility index (Phi) is 6.09. The van der Waals surface area contributed by atoms with E-state index in [2.05, 4.69) is 10.6 Å². The molecule has 44 heavy (non-hydrogen) atoms. The lowest BCUT2D eigenvalue weighted by Crippen LogP contribution is -2.45. The maximum absolute atomic E-state index is 13.8. The zero-order valence-electron chi connectivity index (χ0n) is 23.8. The number of nitrogens with one attached hydrogen (secondary N) is 2. The molecule has 4 heterocycles. The summed E-state index contributed by atoms with van der Waals surface area (Å²) in [7, 11) is 3.24. The van der Waals surface area contributed by atoms with Crippen molar-refractivity contribution < 1.29 is 29.4 Å². The highest BCUT2D eigenvalue weighted by atomic mass is 16.3. The fourth-order valence-corrected chi connectivity index (χ4v) is 6.20. The van der Waals surface area contributed by atoms with Gasteiger partial charge in [-0.15, -0.1) is 0 Å².